The zero-order valence-electron chi connectivity index (χ0n) is 14.0. The van der Waals surface area contributed by atoms with Gasteiger partial charge in [-0.2, -0.15) is 0 Å². The Kier molecular flexibility index (Phi) is 5.00. The van der Waals surface area contributed by atoms with E-state index in [0.717, 1.165) is 25.2 Å². The van der Waals surface area contributed by atoms with Crippen LogP contribution in [0.15, 0.2) is 36.9 Å². The number of hydrogen-bond donors (Lipinski definition) is 1. The van der Waals surface area contributed by atoms with Crippen molar-refractivity contribution in [2.24, 2.45) is 0 Å². The van der Waals surface area contributed by atoms with E-state index in [1.807, 2.05) is 12.1 Å². The lowest BCUT2D eigenvalue weighted by Gasteiger charge is -2.25. The summed E-state index contributed by atoms with van der Waals surface area (Å²) in [5.74, 6) is 1.53. The SMILES string of the molecule is CN(C)C(=O)CN1CCC[C@@H]1c1ccnc(Nc2cnccn2)c1. The second-order valence-electron chi connectivity index (χ2n) is 6.11. The third kappa shape index (κ3) is 3.86. The molecule has 2 aromatic rings. The molecule has 7 heteroatoms. The molecule has 1 atom stereocenters. The summed E-state index contributed by atoms with van der Waals surface area (Å²) in [6, 6.07) is 4.29. The molecule has 0 bridgehead atoms. The molecular formula is C17H22N6O. The van der Waals surface area contributed by atoms with Gasteiger partial charge in [-0.3, -0.25) is 14.7 Å². The Morgan fingerprint density at radius 2 is 2.12 bits per heavy atom. The number of likely N-dealkylation sites (tertiary alicyclic amines) is 1. The molecule has 1 N–H and O–H groups in total. The van der Waals surface area contributed by atoms with Gasteiger partial charge in [-0.1, -0.05) is 0 Å². The van der Waals surface area contributed by atoms with Gasteiger partial charge in [-0.25, -0.2) is 9.97 Å². The minimum atomic E-state index is 0.133. The molecule has 126 valence electrons. The van der Waals surface area contributed by atoms with Crippen molar-refractivity contribution in [3.05, 3.63) is 42.5 Å². The molecule has 0 saturated carbocycles. The quantitative estimate of drug-likeness (QED) is 0.904. The number of nitrogens with zero attached hydrogens (tertiary/aromatic N) is 5. The van der Waals surface area contributed by atoms with Crippen LogP contribution in [-0.4, -0.2) is 57.8 Å². The van der Waals surface area contributed by atoms with Gasteiger partial charge in [0, 0.05) is 38.7 Å². The zero-order valence-corrected chi connectivity index (χ0v) is 14.0. The van der Waals surface area contributed by atoms with E-state index in [-0.39, 0.29) is 11.9 Å². The molecule has 0 aliphatic carbocycles. The molecule has 0 spiro atoms. The van der Waals surface area contributed by atoms with Gasteiger partial charge in [0.2, 0.25) is 5.91 Å². The molecule has 3 heterocycles. The van der Waals surface area contributed by atoms with E-state index in [0.29, 0.717) is 12.4 Å². The van der Waals surface area contributed by atoms with Gasteiger partial charge < -0.3 is 10.2 Å². The average molecular weight is 326 g/mol. The average Bonchev–Trinajstić information content (AvgIpc) is 3.04. The van der Waals surface area contributed by atoms with Crippen molar-refractivity contribution < 1.29 is 4.79 Å². The monoisotopic (exact) mass is 326 g/mol. The Labute approximate surface area is 141 Å². The van der Waals surface area contributed by atoms with Crippen molar-refractivity contribution >= 4 is 17.5 Å². The van der Waals surface area contributed by atoms with Crippen molar-refractivity contribution in [3.8, 4) is 0 Å². The first-order chi connectivity index (χ1) is 11.6. The first-order valence-electron chi connectivity index (χ1n) is 8.06. The zero-order chi connectivity index (χ0) is 16.9. The van der Waals surface area contributed by atoms with Gasteiger partial charge >= 0.3 is 0 Å². The Morgan fingerprint density at radius 1 is 1.29 bits per heavy atom. The van der Waals surface area contributed by atoms with Crippen LogP contribution in [-0.2, 0) is 4.79 Å². The summed E-state index contributed by atoms with van der Waals surface area (Å²) in [6.45, 7) is 1.40. The fourth-order valence-electron chi connectivity index (χ4n) is 2.93. The van der Waals surface area contributed by atoms with Gasteiger partial charge in [0.15, 0.2) is 0 Å². The molecule has 1 aliphatic rings. The number of anilines is 2. The van der Waals surface area contributed by atoms with Crippen LogP contribution in [0, 0.1) is 0 Å². The number of pyridine rings is 1. The maximum atomic E-state index is 12.0. The van der Waals surface area contributed by atoms with Crippen molar-refractivity contribution in [1.82, 2.24) is 24.8 Å². The summed E-state index contributed by atoms with van der Waals surface area (Å²) < 4.78 is 0. The third-order valence-electron chi connectivity index (χ3n) is 4.19. The van der Waals surface area contributed by atoms with Crippen LogP contribution in [0.3, 0.4) is 0 Å². The van der Waals surface area contributed by atoms with Crippen molar-refractivity contribution in [1.29, 1.82) is 0 Å². The van der Waals surface area contributed by atoms with Crippen LogP contribution in [0.2, 0.25) is 0 Å². The molecule has 24 heavy (non-hydrogen) atoms. The second kappa shape index (κ2) is 7.35. The van der Waals surface area contributed by atoms with Crippen molar-refractivity contribution in [2.45, 2.75) is 18.9 Å². The lowest BCUT2D eigenvalue weighted by molar-refractivity contribution is -0.130. The van der Waals surface area contributed by atoms with Crippen LogP contribution in [0.5, 0.6) is 0 Å². The summed E-state index contributed by atoms with van der Waals surface area (Å²) in [5, 5.41) is 3.16. The number of carbonyl (C=O) groups is 1. The highest BCUT2D eigenvalue weighted by molar-refractivity contribution is 5.77. The first kappa shape index (κ1) is 16.3. The predicted octanol–water partition coefficient (Wildman–Crippen LogP) is 1.84. The first-order valence-corrected chi connectivity index (χ1v) is 8.06. The van der Waals surface area contributed by atoms with E-state index in [4.69, 9.17) is 0 Å². The molecule has 2 aromatic heterocycles. The topological polar surface area (TPSA) is 74.2 Å². The Bertz CT molecular complexity index is 690. The Balaban J connectivity index is 1.74. The van der Waals surface area contributed by atoms with Gasteiger partial charge in [0.05, 0.1) is 12.7 Å². The molecule has 0 radical (unpaired) electrons. The van der Waals surface area contributed by atoms with E-state index < -0.39 is 0 Å². The second-order valence-corrected chi connectivity index (χ2v) is 6.11. The number of hydrogen-bond acceptors (Lipinski definition) is 6. The molecule has 1 saturated heterocycles. The van der Waals surface area contributed by atoms with Crippen molar-refractivity contribution in [3.63, 3.8) is 0 Å². The maximum absolute atomic E-state index is 12.0. The summed E-state index contributed by atoms with van der Waals surface area (Å²) in [6.07, 6.45) is 8.87. The lowest BCUT2D eigenvalue weighted by Crippen LogP contribution is -2.36. The highest BCUT2D eigenvalue weighted by Gasteiger charge is 2.28. The maximum Gasteiger partial charge on any atom is 0.236 e. The lowest BCUT2D eigenvalue weighted by atomic mass is 10.1. The predicted molar refractivity (Wildman–Crippen MR) is 91.8 cm³/mol. The summed E-state index contributed by atoms with van der Waals surface area (Å²) in [7, 11) is 3.59. The van der Waals surface area contributed by atoms with Gasteiger partial charge in [0.25, 0.3) is 0 Å². The number of carbonyl (C=O) groups excluding carboxylic acids is 1. The van der Waals surface area contributed by atoms with Crippen LogP contribution < -0.4 is 5.32 Å². The number of nitrogens with one attached hydrogen (secondary N) is 1. The van der Waals surface area contributed by atoms with Crippen molar-refractivity contribution in [2.75, 3.05) is 32.5 Å². The van der Waals surface area contributed by atoms with Crippen LogP contribution >= 0.6 is 0 Å². The normalized spacial score (nSPS) is 17.7. The fourth-order valence-corrected chi connectivity index (χ4v) is 2.93. The number of likely N-dealkylation sites (N-methyl/N-ethyl adjacent to an activating group) is 1. The molecular weight excluding hydrogens is 304 g/mol. The van der Waals surface area contributed by atoms with E-state index in [9.17, 15) is 4.79 Å². The summed E-state index contributed by atoms with van der Waals surface area (Å²) >= 11 is 0. The molecule has 1 amide bonds. The standard InChI is InChI=1S/C17H22N6O/c1-22(2)17(24)12-23-9-3-4-14(23)13-5-6-19-15(10-13)21-16-11-18-7-8-20-16/h5-8,10-11,14H,3-4,9,12H2,1-2H3,(H,19,20,21)/t14-/m1/s1. The molecule has 0 unspecified atom stereocenters. The highest BCUT2D eigenvalue weighted by atomic mass is 16.2. The minimum absolute atomic E-state index is 0.133. The van der Waals surface area contributed by atoms with Gasteiger partial charge in [-0.15, -0.1) is 0 Å². The fraction of sp³-hybridized carbons (Fsp3) is 0.412. The molecule has 3 rings (SSSR count). The Hall–Kier alpha value is -2.54. The number of aromatic nitrogens is 3. The smallest absolute Gasteiger partial charge is 0.236 e. The van der Waals surface area contributed by atoms with E-state index in [1.54, 1.807) is 43.8 Å². The van der Waals surface area contributed by atoms with Crippen LogP contribution in [0.1, 0.15) is 24.4 Å². The van der Waals surface area contributed by atoms with Gasteiger partial charge in [0.1, 0.15) is 11.6 Å². The molecule has 1 fully saturated rings. The molecule has 7 nitrogen and oxygen atoms in total. The number of rotatable bonds is 5. The third-order valence-corrected chi connectivity index (χ3v) is 4.19. The summed E-state index contributed by atoms with van der Waals surface area (Å²) in [4.78, 5) is 28.5. The molecule has 0 aromatic carbocycles. The molecule has 1 aliphatic heterocycles. The highest BCUT2D eigenvalue weighted by Crippen LogP contribution is 2.32. The van der Waals surface area contributed by atoms with E-state index in [1.165, 1.54) is 5.56 Å². The van der Waals surface area contributed by atoms with Crippen LogP contribution in [0.25, 0.3) is 0 Å². The van der Waals surface area contributed by atoms with Crippen LogP contribution in [0.4, 0.5) is 11.6 Å². The van der Waals surface area contributed by atoms with Gasteiger partial charge in [-0.05, 0) is 37.1 Å². The summed E-state index contributed by atoms with van der Waals surface area (Å²) in [5.41, 5.74) is 1.17. The van der Waals surface area contributed by atoms with E-state index in [2.05, 4.69) is 25.2 Å². The van der Waals surface area contributed by atoms with E-state index >= 15 is 0 Å². The largest absolute Gasteiger partial charge is 0.348 e. The Morgan fingerprint density at radius 3 is 2.88 bits per heavy atom. The number of amides is 1. The minimum Gasteiger partial charge on any atom is -0.348 e.